The van der Waals surface area contributed by atoms with Crippen LogP contribution in [0.5, 0.6) is 0 Å². The van der Waals surface area contributed by atoms with Gasteiger partial charge in [0.15, 0.2) is 11.4 Å². The van der Waals surface area contributed by atoms with Crippen molar-refractivity contribution in [2.75, 3.05) is 4.90 Å². The minimum absolute atomic E-state index is 0.225. The molecule has 3 aromatic rings. The van der Waals surface area contributed by atoms with E-state index in [0.29, 0.717) is 28.4 Å². The van der Waals surface area contributed by atoms with E-state index in [1.54, 1.807) is 29.2 Å². The van der Waals surface area contributed by atoms with E-state index in [-0.39, 0.29) is 12.2 Å². The smallest absolute Gasteiger partial charge is 0.264 e. The van der Waals surface area contributed by atoms with E-state index in [2.05, 4.69) is 0 Å². The number of aryl methyl sites for hydroxylation is 2. The molecule has 1 aliphatic carbocycles. The number of aliphatic hydroxyl groups is 1. The van der Waals surface area contributed by atoms with Gasteiger partial charge in [-0.3, -0.25) is 9.59 Å². The van der Waals surface area contributed by atoms with E-state index in [1.165, 1.54) is 17.5 Å². The molecule has 1 unspecified atom stereocenters. The van der Waals surface area contributed by atoms with E-state index in [1.807, 2.05) is 42.5 Å². The molecular formula is C27H24ClNO3. The van der Waals surface area contributed by atoms with E-state index in [0.717, 1.165) is 24.8 Å². The number of halogens is 1. The second-order valence-corrected chi connectivity index (χ2v) is 9.12. The van der Waals surface area contributed by atoms with Gasteiger partial charge in [0.05, 0.1) is 18.7 Å². The lowest BCUT2D eigenvalue weighted by Crippen LogP contribution is -2.41. The molecule has 162 valence electrons. The van der Waals surface area contributed by atoms with Crippen LogP contribution in [0.3, 0.4) is 0 Å². The van der Waals surface area contributed by atoms with Gasteiger partial charge in [-0.1, -0.05) is 54.1 Å². The van der Waals surface area contributed by atoms with Crippen molar-refractivity contribution in [2.24, 2.45) is 0 Å². The molecule has 4 nitrogen and oxygen atoms in total. The number of carbonyl (C=O) groups excluding carboxylic acids is 2. The maximum absolute atomic E-state index is 13.5. The monoisotopic (exact) mass is 445 g/mol. The Morgan fingerprint density at radius 3 is 2.47 bits per heavy atom. The summed E-state index contributed by atoms with van der Waals surface area (Å²) in [7, 11) is 0. The first-order valence-corrected chi connectivity index (χ1v) is 11.4. The quantitative estimate of drug-likeness (QED) is 0.547. The molecule has 0 saturated carbocycles. The number of hydrogen-bond donors (Lipinski definition) is 1. The Hall–Kier alpha value is -2.95. The zero-order valence-corrected chi connectivity index (χ0v) is 18.4. The summed E-state index contributed by atoms with van der Waals surface area (Å²) in [6.07, 6.45) is 4.03. The van der Waals surface area contributed by atoms with Crippen molar-refractivity contribution in [1.82, 2.24) is 0 Å². The van der Waals surface area contributed by atoms with Gasteiger partial charge in [0.1, 0.15) is 0 Å². The lowest BCUT2D eigenvalue weighted by Gasteiger charge is -2.23. The number of anilines is 1. The fourth-order valence-corrected chi connectivity index (χ4v) is 4.97. The molecule has 1 heterocycles. The molecule has 0 spiro atoms. The number of nitrogens with zero attached hydrogens (tertiary/aromatic N) is 1. The van der Waals surface area contributed by atoms with Crippen molar-refractivity contribution in [3.8, 4) is 0 Å². The third-order valence-corrected chi connectivity index (χ3v) is 6.83. The first kappa shape index (κ1) is 20.9. The van der Waals surface area contributed by atoms with Crippen LogP contribution >= 0.6 is 11.6 Å². The Kier molecular flexibility index (Phi) is 5.36. The van der Waals surface area contributed by atoms with E-state index < -0.39 is 11.5 Å². The molecule has 0 fully saturated rings. The Balaban J connectivity index is 1.44. The van der Waals surface area contributed by atoms with Gasteiger partial charge in [-0.15, -0.1) is 0 Å². The second-order valence-electron chi connectivity index (χ2n) is 8.69. The first-order valence-electron chi connectivity index (χ1n) is 11.0. The van der Waals surface area contributed by atoms with Gasteiger partial charge in [0.2, 0.25) is 0 Å². The van der Waals surface area contributed by atoms with E-state index in [9.17, 15) is 14.7 Å². The maximum Gasteiger partial charge on any atom is 0.264 e. The molecule has 0 aromatic heterocycles. The molecule has 0 bridgehead atoms. The zero-order chi connectivity index (χ0) is 22.3. The average molecular weight is 446 g/mol. The topological polar surface area (TPSA) is 57.6 Å². The van der Waals surface area contributed by atoms with Crippen LogP contribution in [0.2, 0.25) is 5.02 Å². The number of benzene rings is 3. The van der Waals surface area contributed by atoms with Crippen LogP contribution in [-0.4, -0.2) is 16.8 Å². The molecule has 0 saturated heterocycles. The molecule has 0 radical (unpaired) electrons. The highest BCUT2D eigenvalue weighted by Crippen LogP contribution is 2.43. The number of hydrogen-bond acceptors (Lipinski definition) is 3. The molecule has 1 aliphatic heterocycles. The summed E-state index contributed by atoms with van der Waals surface area (Å²) in [5, 5.41) is 12.2. The van der Waals surface area contributed by atoms with Gasteiger partial charge in [-0.05, 0) is 66.6 Å². The lowest BCUT2D eigenvalue weighted by atomic mass is 9.85. The summed E-state index contributed by atoms with van der Waals surface area (Å²) in [6.45, 7) is 0.294. The molecule has 5 rings (SSSR count). The highest BCUT2D eigenvalue weighted by Gasteiger charge is 2.50. The van der Waals surface area contributed by atoms with Crippen molar-refractivity contribution in [3.05, 3.63) is 99.6 Å². The van der Waals surface area contributed by atoms with Gasteiger partial charge in [-0.25, -0.2) is 0 Å². The molecule has 1 N–H and O–H groups in total. The Labute approximate surface area is 192 Å². The molecular weight excluding hydrogens is 422 g/mol. The average Bonchev–Trinajstić information content (AvgIpc) is 3.02. The van der Waals surface area contributed by atoms with Crippen LogP contribution in [0.1, 0.15) is 51.9 Å². The van der Waals surface area contributed by atoms with Gasteiger partial charge < -0.3 is 10.0 Å². The molecule has 1 atom stereocenters. The van der Waals surface area contributed by atoms with Crippen molar-refractivity contribution in [3.63, 3.8) is 0 Å². The largest absolute Gasteiger partial charge is 0.375 e. The Bertz CT molecular complexity index is 1200. The number of Topliss-reactive ketones (excluding diaryl/α,β-unsaturated/α-hetero) is 1. The van der Waals surface area contributed by atoms with Crippen LogP contribution in [0.4, 0.5) is 5.69 Å². The predicted octanol–water partition coefficient (Wildman–Crippen LogP) is 5.23. The zero-order valence-electron chi connectivity index (χ0n) is 17.7. The summed E-state index contributed by atoms with van der Waals surface area (Å²) < 4.78 is 0. The summed E-state index contributed by atoms with van der Waals surface area (Å²) in [5.41, 5.74) is 3.18. The van der Waals surface area contributed by atoms with E-state index >= 15 is 0 Å². The number of fused-ring (bicyclic) bond motifs is 2. The second kappa shape index (κ2) is 8.19. The van der Waals surface area contributed by atoms with Crippen LogP contribution in [0, 0.1) is 0 Å². The van der Waals surface area contributed by atoms with Crippen LogP contribution in [0.15, 0.2) is 66.7 Å². The van der Waals surface area contributed by atoms with E-state index in [4.69, 9.17) is 11.6 Å². The SMILES string of the molecule is O=C(CC1(O)C(=O)N(Cc2ccc(Cl)cc2)c2ccccc21)c1ccc2c(c1)CCCC2. The maximum atomic E-state index is 13.5. The van der Waals surface area contributed by atoms with Crippen LogP contribution in [0.25, 0.3) is 0 Å². The molecule has 32 heavy (non-hydrogen) atoms. The Morgan fingerprint density at radius 1 is 0.969 bits per heavy atom. The third-order valence-electron chi connectivity index (χ3n) is 6.58. The number of rotatable bonds is 5. The first-order chi connectivity index (χ1) is 15.5. The van der Waals surface area contributed by atoms with Gasteiger partial charge in [-0.2, -0.15) is 0 Å². The van der Waals surface area contributed by atoms with Crippen LogP contribution in [-0.2, 0) is 29.8 Å². The fourth-order valence-electron chi connectivity index (χ4n) is 4.85. The summed E-state index contributed by atoms with van der Waals surface area (Å²) >= 11 is 5.99. The summed E-state index contributed by atoms with van der Waals surface area (Å²) in [6, 6.07) is 20.2. The van der Waals surface area contributed by atoms with Gasteiger partial charge in [0.25, 0.3) is 5.91 Å². The third kappa shape index (κ3) is 3.64. The normalized spacial score (nSPS) is 19.6. The van der Waals surface area contributed by atoms with Crippen molar-refractivity contribution >= 4 is 29.0 Å². The minimum Gasteiger partial charge on any atom is -0.375 e. The molecule has 3 aromatic carbocycles. The summed E-state index contributed by atoms with van der Waals surface area (Å²) in [5.74, 6) is -0.697. The lowest BCUT2D eigenvalue weighted by molar-refractivity contribution is -0.136. The highest BCUT2D eigenvalue weighted by atomic mass is 35.5. The van der Waals surface area contributed by atoms with Crippen LogP contribution < -0.4 is 4.90 Å². The van der Waals surface area contributed by atoms with Crippen molar-refractivity contribution in [2.45, 2.75) is 44.2 Å². The number of para-hydroxylation sites is 1. The van der Waals surface area contributed by atoms with Crippen molar-refractivity contribution < 1.29 is 14.7 Å². The standard InChI is InChI=1S/C27H24ClNO3/c28-22-13-9-18(10-14-22)17-29-24-8-4-3-7-23(24)27(32,26(29)31)16-25(30)21-12-11-19-5-1-2-6-20(19)15-21/h3-4,7-15,32H,1-2,5-6,16-17H2. The predicted molar refractivity (Wildman–Crippen MR) is 125 cm³/mol. The number of carbonyl (C=O) groups is 2. The number of ketones is 1. The number of amides is 1. The molecule has 5 heteroatoms. The molecule has 1 amide bonds. The Morgan fingerprint density at radius 2 is 1.69 bits per heavy atom. The summed E-state index contributed by atoms with van der Waals surface area (Å²) in [4.78, 5) is 28.2. The van der Waals surface area contributed by atoms with Gasteiger partial charge >= 0.3 is 0 Å². The fraction of sp³-hybridized carbons (Fsp3) is 0.259. The van der Waals surface area contributed by atoms with Crippen molar-refractivity contribution in [1.29, 1.82) is 0 Å². The van der Waals surface area contributed by atoms with Gasteiger partial charge in [0, 0.05) is 16.1 Å². The highest BCUT2D eigenvalue weighted by molar-refractivity contribution is 6.30. The minimum atomic E-state index is -1.88. The molecule has 2 aliphatic rings.